The molecule has 5 rings (SSSR count). The van der Waals surface area contributed by atoms with Crippen LogP contribution in [0.2, 0.25) is 0 Å². The number of imidazole rings is 1. The van der Waals surface area contributed by atoms with Crippen LogP contribution in [0.4, 0.5) is 0 Å². The minimum Gasteiger partial charge on any atom is -0.486 e. The number of hydrogen-bond donors (Lipinski definition) is 0. The second-order valence-electron chi connectivity index (χ2n) is 8.03. The van der Waals surface area contributed by atoms with Gasteiger partial charge in [0.05, 0.1) is 17.9 Å². The monoisotopic (exact) mass is 391 g/mol. The van der Waals surface area contributed by atoms with Crippen LogP contribution in [-0.4, -0.2) is 46.5 Å². The molecular weight excluding hydrogens is 366 g/mol. The average Bonchev–Trinajstić information content (AvgIpc) is 3.37. The number of para-hydroxylation sites is 1. The summed E-state index contributed by atoms with van der Waals surface area (Å²) in [6.45, 7) is 5.52. The maximum absolute atomic E-state index is 13.2. The molecule has 2 atom stereocenters. The number of rotatable bonds is 4. The molecular formula is C23H25N3O3. The van der Waals surface area contributed by atoms with Crippen LogP contribution in [0.1, 0.15) is 28.0 Å². The van der Waals surface area contributed by atoms with Crippen LogP contribution in [0.25, 0.3) is 5.65 Å². The SMILES string of the molecule is Cc1cccn2cc(COc3ccccc3C(=O)N3CC4CCOCC4C3)nc12. The van der Waals surface area contributed by atoms with Crippen molar-refractivity contribution >= 4 is 11.6 Å². The highest BCUT2D eigenvalue weighted by atomic mass is 16.5. The summed E-state index contributed by atoms with van der Waals surface area (Å²) in [5, 5.41) is 0. The van der Waals surface area contributed by atoms with E-state index in [0.717, 1.165) is 49.6 Å². The molecule has 0 bridgehead atoms. The second kappa shape index (κ2) is 7.52. The molecule has 0 aliphatic carbocycles. The summed E-state index contributed by atoms with van der Waals surface area (Å²) < 4.78 is 13.6. The number of hydrogen-bond acceptors (Lipinski definition) is 4. The molecule has 2 fully saturated rings. The van der Waals surface area contributed by atoms with Gasteiger partial charge in [-0.2, -0.15) is 0 Å². The third-order valence-corrected chi connectivity index (χ3v) is 6.05. The maximum Gasteiger partial charge on any atom is 0.257 e. The minimum absolute atomic E-state index is 0.0424. The molecule has 2 aromatic heterocycles. The van der Waals surface area contributed by atoms with Crippen molar-refractivity contribution in [3.63, 3.8) is 0 Å². The molecule has 0 saturated carbocycles. The summed E-state index contributed by atoms with van der Waals surface area (Å²) in [6.07, 6.45) is 4.99. The number of carbonyl (C=O) groups is 1. The molecule has 1 amide bonds. The number of aryl methyl sites for hydroxylation is 1. The number of amides is 1. The van der Waals surface area contributed by atoms with E-state index in [1.165, 1.54) is 0 Å². The normalized spacial score (nSPS) is 21.3. The van der Waals surface area contributed by atoms with E-state index in [0.29, 0.717) is 29.8 Å². The molecule has 6 heteroatoms. The van der Waals surface area contributed by atoms with E-state index in [9.17, 15) is 4.79 Å². The highest BCUT2D eigenvalue weighted by molar-refractivity contribution is 5.97. The standard InChI is InChI=1S/C23H25N3O3/c1-16-5-4-9-25-13-19(24-22(16)25)15-29-21-7-3-2-6-20(21)23(27)26-11-17-8-10-28-14-18(17)12-26/h2-7,9,13,17-18H,8,10-12,14-15H2,1H3. The van der Waals surface area contributed by atoms with E-state index in [2.05, 4.69) is 4.98 Å². The Kier molecular flexibility index (Phi) is 4.72. The van der Waals surface area contributed by atoms with Crippen molar-refractivity contribution in [1.82, 2.24) is 14.3 Å². The van der Waals surface area contributed by atoms with Crippen molar-refractivity contribution in [1.29, 1.82) is 0 Å². The van der Waals surface area contributed by atoms with Gasteiger partial charge in [0.1, 0.15) is 18.0 Å². The number of nitrogens with zero attached hydrogens (tertiary/aromatic N) is 3. The molecule has 0 spiro atoms. The van der Waals surface area contributed by atoms with E-state index in [4.69, 9.17) is 9.47 Å². The average molecular weight is 391 g/mol. The molecule has 29 heavy (non-hydrogen) atoms. The first-order chi connectivity index (χ1) is 14.2. The third kappa shape index (κ3) is 3.49. The zero-order valence-electron chi connectivity index (χ0n) is 16.6. The highest BCUT2D eigenvalue weighted by Crippen LogP contribution is 2.32. The van der Waals surface area contributed by atoms with E-state index in [-0.39, 0.29) is 5.91 Å². The summed E-state index contributed by atoms with van der Waals surface area (Å²) in [6, 6.07) is 11.5. The van der Waals surface area contributed by atoms with Crippen molar-refractivity contribution in [3.05, 3.63) is 65.6 Å². The summed E-state index contributed by atoms with van der Waals surface area (Å²) in [5.41, 5.74) is 3.50. The van der Waals surface area contributed by atoms with Gasteiger partial charge in [0.2, 0.25) is 0 Å². The van der Waals surface area contributed by atoms with E-state index in [1.807, 2.05) is 65.0 Å². The van der Waals surface area contributed by atoms with Crippen LogP contribution in [0.5, 0.6) is 5.75 Å². The van der Waals surface area contributed by atoms with Crippen LogP contribution in [0.15, 0.2) is 48.8 Å². The fourth-order valence-electron chi connectivity index (χ4n) is 4.46. The molecule has 4 heterocycles. The van der Waals surface area contributed by atoms with Gasteiger partial charge in [0, 0.05) is 38.0 Å². The van der Waals surface area contributed by atoms with Crippen molar-refractivity contribution < 1.29 is 14.3 Å². The number of benzene rings is 1. The first-order valence-corrected chi connectivity index (χ1v) is 10.2. The molecule has 2 aliphatic rings. The van der Waals surface area contributed by atoms with Crippen LogP contribution in [0.3, 0.4) is 0 Å². The van der Waals surface area contributed by atoms with E-state index >= 15 is 0 Å². The van der Waals surface area contributed by atoms with E-state index in [1.54, 1.807) is 0 Å². The third-order valence-electron chi connectivity index (χ3n) is 6.05. The van der Waals surface area contributed by atoms with Crippen LogP contribution in [-0.2, 0) is 11.3 Å². The zero-order chi connectivity index (χ0) is 19.8. The summed E-state index contributed by atoms with van der Waals surface area (Å²) in [7, 11) is 0. The van der Waals surface area contributed by atoms with Crippen molar-refractivity contribution in [3.8, 4) is 5.75 Å². The van der Waals surface area contributed by atoms with Crippen molar-refractivity contribution in [2.24, 2.45) is 11.8 Å². The van der Waals surface area contributed by atoms with Gasteiger partial charge >= 0.3 is 0 Å². The smallest absolute Gasteiger partial charge is 0.257 e. The Labute approximate surface area is 170 Å². The maximum atomic E-state index is 13.2. The van der Waals surface area contributed by atoms with Gasteiger partial charge in [-0.3, -0.25) is 4.79 Å². The lowest BCUT2D eigenvalue weighted by atomic mass is 9.92. The molecule has 2 aliphatic heterocycles. The van der Waals surface area contributed by atoms with Crippen LogP contribution >= 0.6 is 0 Å². The Hall–Kier alpha value is -2.86. The number of fused-ring (bicyclic) bond motifs is 2. The number of ether oxygens (including phenoxy) is 2. The lowest BCUT2D eigenvalue weighted by molar-refractivity contribution is 0.0370. The Balaban J connectivity index is 1.32. The van der Waals surface area contributed by atoms with Crippen molar-refractivity contribution in [2.75, 3.05) is 26.3 Å². The number of carbonyl (C=O) groups excluding carboxylic acids is 1. The van der Waals surface area contributed by atoms with Crippen LogP contribution in [0, 0.1) is 18.8 Å². The highest BCUT2D eigenvalue weighted by Gasteiger charge is 2.37. The van der Waals surface area contributed by atoms with Gasteiger partial charge in [0.15, 0.2) is 0 Å². The first-order valence-electron chi connectivity index (χ1n) is 10.2. The fourth-order valence-corrected chi connectivity index (χ4v) is 4.46. The molecule has 0 N–H and O–H groups in total. The molecule has 150 valence electrons. The lowest BCUT2D eigenvalue weighted by Gasteiger charge is -2.23. The molecule has 3 aromatic rings. The van der Waals surface area contributed by atoms with Gasteiger partial charge in [-0.05, 0) is 43.0 Å². The largest absolute Gasteiger partial charge is 0.486 e. The van der Waals surface area contributed by atoms with Gasteiger partial charge in [-0.25, -0.2) is 4.98 Å². The van der Waals surface area contributed by atoms with Gasteiger partial charge in [-0.1, -0.05) is 18.2 Å². The first kappa shape index (κ1) is 18.2. The van der Waals surface area contributed by atoms with Crippen molar-refractivity contribution in [2.45, 2.75) is 20.0 Å². The van der Waals surface area contributed by atoms with Gasteiger partial charge in [0.25, 0.3) is 5.91 Å². The predicted molar refractivity (Wildman–Crippen MR) is 109 cm³/mol. The minimum atomic E-state index is 0.0424. The Morgan fingerprint density at radius 3 is 2.93 bits per heavy atom. The molecule has 0 radical (unpaired) electrons. The number of aromatic nitrogens is 2. The van der Waals surface area contributed by atoms with Gasteiger partial charge in [-0.15, -0.1) is 0 Å². The number of likely N-dealkylation sites (tertiary alicyclic amines) is 1. The fraction of sp³-hybridized carbons (Fsp3) is 0.391. The Morgan fingerprint density at radius 1 is 1.21 bits per heavy atom. The Bertz CT molecular complexity index is 1030. The van der Waals surface area contributed by atoms with Gasteiger partial charge < -0.3 is 18.8 Å². The second-order valence-corrected chi connectivity index (χ2v) is 8.03. The zero-order valence-corrected chi connectivity index (χ0v) is 16.6. The number of pyridine rings is 1. The molecule has 1 aromatic carbocycles. The summed E-state index contributed by atoms with van der Waals surface area (Å²) >= 11 is 0. The summed E-state index contributed by atoms with van der Waals surface area (Å²) in [4.78, 5) is 19.8. The predicted octanol–water partition coefficient (Wildman–Crippen LogP) is 3.33. The summed E-state index contributed by atoms with van der Waals surface area (Å²) in [5.74, 6) is 1.67. The Morgan fingerprint density at radius 2 is 2.07 bits per heavy atom. The molecule has 6 nitrogen and oxygen atoms in total. The lowest BCUT2D eigenvalue weighted by Crippen LogP contribution is -2.29. The van der Waals surface area contributed by atoms with Crippen LogP contribution < -0.4 is 4.74 Å². The topological polar surface area (TPSA) is 56.1 Å². The molecule has 2 saturated heterocycles. The quantitative estimate of drug-likeness (QED) is 0.685. The van der Waals surface area contributed by atoms with E-state index < -0.39 is 0 Å². The molecule has 2 unspecified atom stereocenters.